The average Bonchev–Trinajstić information content (AvgIpc) is 3.10. The zero-order chi connectivity index (χ0) is 16.1. The fraction of sp³-hybridized carbons (Fsp3) is 0.412. The third-order valence-corrected chi connectivity index (χ3v) is 4.94. The van der Waals surface area contributed by atoms with E-state index in [1.54, 1.807) is 0 Å². The van der Waals surface area contributed by atoms with Gasteiger partial charge in [0.25, 0.3) is 0 Å². The van der Waals surface area contributed by atoms with Crippen LogP contribution in [0.15, 0.2) is 36.7 Å². The second-order valence-electron chi connectivity index (χ2n) is 6.55. The summed E-state index contributed by atoms with van der Waals surface area (Å²) in [6, 6.07) is 8.47. The van der Waals surface area contributed by atoms with E-state index < -0.39 is 11.9 Å². The smallest absolute Gasteiger partial charge is 0.355 e. The van der Waals surface area contributed by atoms with Crippen LogP contribution >= 0.6 is 0 Å². The maximum atomic E-state index is 12.6. The minimum atomic E-state index is -4.44. The summed E-state index contributed by atoms with van der Waals surface area (Å²) in [4.78, 5) is 9.55. The van der Waals surface area contributed by atoms with Crippen molar-refractivity contribution in [1.82, 2.24) is 9.97 Å². The Morgan fingerprint density at radius 1 is 1.00 bits per heavy atom. The lowest BCUT2D eigenvalue weighted by Gasteiger charge is -2.24. The highest BCUT2D eigenvalue weighted by Crippen LogP contribution is 2.44. The van der Waals surface area contributed by atoms with Gasteiger partial charge in [0, 0.05) is 13.1 Å². The third-order valence-electron chi connectivity index (χ3n) is 4.94. The number of anilines is 1. The van der Waals surface area contributed by atoms with Crippen LogP contribution in [0.25, 0.3) is 0 Å². The van der Waals surface area contributed by atoms with Crippen molar-refractivity contribution in [1.29, 1.82) is 0 Å². The number of hydrogen-bond acceptors (Lipinski definition) is 3. The fourth-order valence-electron chi connectivity index (χ4n) is 3.82. The van der Waals surface area contributed by atoms with Crippen LogP contribution in [0, 0.1) is 5.41 Å². The van der Waals surface area contributed by atoms with Crippen molar-refractivity contribution < 1.29 is 13.2 Å². The van der Waals surface area contributed by atoms with Crippen LogP contribution in [0.4, 0.5) is 19.0 Å². The molecule has 120 valence electrons. The second-order valence-corrected chi connectivity index (χ2v) is 6.55. The van der Waals surface area contributed by atoms with E-state index in [0.29, 0.717) is 5.82 Å². The van der Waals surface area contributed by atoms with Gasteiger partial charge in [-0.25, -0.2) is 9.97 Å². The standard InChI is InChI=1S/C17H16F3N3/c18-17(19,20)14-9-22-15(10-21-14)23-6-5-16(11-23)7-12-3-1-2-4-13(12)8-16/h1-4,9-10H,5-8,11H2. The van der Waals surface area contributed by atoms with Crippen molar-refractivity contribution in [2.75, 3.05) is 18.0 Å². The van der Waals surface area contributed by atoms with E-state index in [0.717, 1.165) is 38.5 Å². The van der Waals surface area contributed by atoms with Gasteiger partial charge in [0.2, 0.25) is 0 Å². The van der Waals surface area contributed by atoms with E-state index in [4.69, 9.17) is 0 Å². The maximum absolute atomic E-state index is 12.6. The van der Waals surface area contributed by atoms with Crippen LogP contribution in [0.5, 0.6) is 0 Å². The molecule has 2 aromatic rings. The average molecular weight is 319 g/mol. The van der Waals surface area contributed by atoms with Gasteiger partial charge in [-0.05, 0) is 35.8 Å². The Kier molecular flexibility index (Phi) is 3.11. The number of alkyl halides is 3. The lowest BCUT2D eigenvalue weighted by Crippen LogP contribution is -2.28. The summed E-state index contributed by atoms with van der Waals surface area (Å²) >= 11 is 0. The topological polar surface area (TPSA) is 29.0 Å². The summed E-state index contributed by atoms with van der Waals surface area (Å²) in [5.41, 5.74) is 2.04. The molecule has 0 unspecified atom stereocenters. The minimum Gasteiger partial charge on any atom is -0.355 e. The molecule has 6 heteroatoms. The highest BCUT2D eigenvalue weighted by molar-refractivity contribution is 5.42. The Bertz CT molecular complexity index is 700. The fourth-order valence-corrected chi connectivity index (χ4v) is 3.82. The molecular formula is C17H16F3N3. The van der Waals surface area contributed by atoms with Gasteiger partial charge in [-0.2, -0.15) is 13.2 Å². The molecule has 1 spiro atoms. The third kappa shape index (κ3) is 2.56. The van der Waals surface area contributed by atoms with E-state index in [-0.39, 0.29) is 5.41 Å². The van der Waals surface area contributed by atoms with E-state index in [9.17, 15) is 13.2 Å². The summed E-state index contributed by atoms with van der Waals surface area (Å²) in [6.07, 6.45) is 0.727. The predicted octanol–water partition coefficient (Wildman–Crippen LogP) is 3.49. The molecule has 4 rings (SSSR count). The van der Waals surface area contributed by atoms with Gasteiger partial charge >= 0.3 is 6.18 Å². The second kappa shape index (κ2) is 4.94. The van der Waals surface area contributed by atoms with Crippen molar-refractivity contribution >= 4 is 5.82 Å². The molecule has 2 aliphatic rings. The Labute approximate surface area is 132 Å². The number of rotatable bonds is 1. The summed E-state index contributed by atoms with van der Waals surface area (Å²) in [5, 5.41) is 0. The molecule has 1 aliphatic heterocycles. The summed E-state index contributed by atoms with van der Waals surface area (Å²) in [7, 11) is 0. The van der Waals surface area contributed by atoms with E-state index >= 15 is 0 Å². The van der Waals surface area contributed by atoms with E-state index in [1.165, 1.54) is 17.3 Å². The predicted molar refractivity (Wildman–Crippen MR) is 80.1 cm³/mol. The quantitative estimate of drug-likeness (QED) is 0.806. The lowest BCUT2D eigenvalue weighted by molar-refractivity contribution is -0.141. The number of halogens is 3. The molecule has 3 nitrogen and oxygen atoms in total. The van der Waals surface area contributed by atoms with Crippen molar-refractivity contribution in [3.63, 3.8) is 0 Å². The molecule has 0 radical (unpaired) electrons. The Morgan fingerprint density at radius 2 is 1.70 bits per heavy atom. The highest BCUT2D eigenvalue weighted by atomic mass is 19.4. The van der Waals surface area contributed by atoms with Crippen LogP contribution < -0.4 is 4.90 Å². The first-order valence-corrected chi connectivity index (χ1v) is 7.66. The van der Waals surface area contributed by atoms with Crippen LogP contribution in [-0.4, -0.2) is 23.1 Å². The normalized spacial score (nSPS) is 19.3. The summed E-state index contributed by atoms with van der Waals surface area (Å²) in [5.74, 6) is 0.533. The van der Waals surface area contributed by atoms with Crippen molar-refractivity contribution in [3.05, 3.63) is 53.5 Å². The zero-order valence-corrected chi connectivity index (χ0v) is 12.5. The first kappa shape index (κ1) is 14.5. The van der Waals surface area contributed by atoms with Crippen molar-refractivity contribution in [3.8, 4) is 0 Å². The largest absolute Gasteiger partial charge is 0.434 e. The molecule has 1 aromatic heterocycles. The number of nitrogens with zero attached hydrogens (tertiary/aromatic N) is 3. The SMILES string of the molecule is FC(F)(F)c1cnc(N2CCC3(Cc4ccccc4C3)C2)cn1. The number of hydrogen-bond donors (Lipinski definition) is 0. The number of aromatic nitrogens is 2. The highest BCUT2D eigenvalue weighted by Gasteiger charge is 2.43. The molecule has 2 heterocycles. The molecule has 0 atom stereocenters. The number of fused-ring (bicyclic) bond motifs is 1. The molecule has 0 amide bonds. The Balaban J connectivity index is 1.51. The van der Waals surface area contributed by atoms with Crippen LogP contribution in [-0.2, 0) is 19.0 Å². The van der Waals surface area contributed by atoms with Gasteiger partial charge in [0.15, 0.2) is 5.69 Å². The summed E-state index contributed by atoms with van der Waals surface area (Å²) in [6.45, 7) is 1.63. The first-order valence-electron chi connectivity index (χ1n) is 7.66. The molecule has 23 heavy (non-hydrogen) atoms. The molecular weight excluding hydrogens is 303 g/mol. The molecule has 1 saturated heterocycles. The van der Waals surface area contributed by atoms with Gasteiger partial charge in [0.1, 0.15) is 5.82 Å². The van der Waals surface area contributed by atoms with Crippen molar-refractivity contribution in [2.45, 2.75) is 25.4 Å². The summed E-state index contributed by atoms with van der Waals surface area (Å²) < 4.78 is 37.7. The molecule has 0 saturated carbocycles. The monoisotopic (exact) mass is 319 g/mol. The minimum absolute atomic E-state index is 0.189. The van der Waals surface area contributed by atoms with Gasteiger partial charge in [-0.15, -0.1) is 0 Å². The van der Waals surface area contributed by atoms with Crippen LogP contribution in [0.1, 0.15) is 23.2 Å². The first-order chi connectivity index (χ1) is 11.0. The van der Waals surface area contributed by atoms with E-state index in [1.807, 2.05) is 0 Å². The van der Waals surface area contributed by atoms with Crippen molar-refractivity contribution in [2.24, 2.45) is 5.41 Å². The maximum Gasteiger partial charge on any atom is 0.434 e. The molecule has 1 aliphatic carbocycles. The molecule has 0 bridgehead atoms. The van der Waals surface area contributed by atoms with Gasteiger partial charge in [0.05, 0.1) is 12.4 Å². The lowest BCUT2D eigenvalue weighted by atomic mass is 9.84. The van der Waals surface area contributed by atoms with Gasteiger partial charge < -0.3 is 4.90 Å². The van der Waals surface area contributed by atoms with Gasteiger partial charge in [-0.3, -0.25) is 0 Å². The number of benzene rings is 1. The molecule has 1 aromatic carbocycles. The molecule has 1 fully saturated rings. The van der Waals surface area contributed by atoms with Crippen LogP contribution in [0.3, 0.4) is 0 Å². The molecule has 0 N–H and O–H groups in total. The Hall–Kier alpha value is -2.11. The van der Waals surface area contributed by atoms with Crippen LogP contribution in [0.2, 0.25) is 0 Å². The Morgan fingerprint density at radius 3 is 2.26 bits per heavy atom. The zero-order valence-electron chi connectivity index (χ0n) is 12.5. The van der Waals surface area contributed by atoms with E-state index in [2.05, 4.69) is 39.1 Å². The van der Waals surface area contributed by atoms with Gasteiger partial charge in [-0.1, -0.05) is 24.3 Å².